The second-order valence-corrected chi connectivity index (χ2v) is 7.86. The van der Waals surface area contributed by atoms with Gasteiger partial charge in [-0.3, -0.25) is 9.69 Å². The summed E-state index contributed by atoms with van der Waals surface area (Å²) in [6.07, 6.45) is 5.63. The number of hydrogen-bond donors (Lipinski definition) is 0. The normalized spacial score (nSPS) is 16.2. The highest BCUT2D eigenvalue weighted by Gasteiger charge is 2.21. The summed E-state index contributed by atoms with van der Waals surface area (Å²) < 4.78 is 3.24. The molecule has 1 fully saturated rings. The number of aromatic nitrogens is 6. The largest absolute Gasteiger partial charge is 0.297 e. The molecule has 0 N–H and O–H groups in total. The van der Waals surface area contributed by atoms with Crippen LogP contribution in [-0.4, -0.2) is 47.7 Å². The van der Waals surface area contributed by atoms with Gasteiger partial charge in [0.1, 0.15) is 10.0 Å². The molecule has 8 nitrogen and oxygen atoms in total. The Morgan fingerprint density at radius 1 is 1.23 bits per heavy atom. The molecule has 136 valence electrons. The van der Waals surface area contributed by atoms with Gasteiger partial charge in [0.25, 0.3) is 5.56 Å². The standard InChI is InChI=1S/C17H21N7OS/c1-13-19-20-16(26-13)12-22-9-5-14(6-10-22)11-24-17(25)4-3-15(21-24)23-8-2-7-18-23/h2-4,7-8,14H,5-6,9-12H2,1H3. The molecule has 0 aliphatic carbocycles. The van der Waals surface area contributed by atoms with E-state index in [1.807, 2.05) is 19.2 Å². The van der Waals surface area contributed by atoms with Crippen LogP contribution in [0.1, 0.15) is 22.9 Å². The first-order valence-electron chi connectivity index (χ1n) is 8.77. The van der Waals surface area contributed by atoms with Crippen molar-refractivity contribution in [3.63, 3.8) is 0 Å². The number of piperidine rings is 1. The molecule has 4 heterocycles. The molecule has 0 aromatic carbocycles. The predicted octanol–water partition coefficient (Wildman–Crippen LogP) is 1.50. The number of nitrogens with zero attached hydrogens (tertiary/aromatic N) is 7. The van der Waals surface area contributed by atoms with Gasteiger partial charge in [-0.1, -0.05) is 0 Å². The lowest BCUT2D eigenvalue weighted by molar-refractivity contribution is 0.163. The van der Waals surface area contributed by atoms with Gasteiger partial charge in [0, 0.05) is 25.0 Å². The van der Waals surface area contributed by atoms with Crippen molar-refractivity contribution in [2.75, 3.05) is 13.1 Å². The first-order chi connectivity index (χ1) is 12.7. The summed E-state index contributed by atoms with van der Waals surface area (Å²) in [4.78, 5) is 14.6. The molecule has 0 spiro atoms. The van der Waals surface area contributed by atoms with Crippen molar-refractivity contribution in [3.05, 3.63) is 51.0 Å². The van der Waals surface area contributed by atoms with Crippen LogP contribution in [0.3, 0.4) is 0 Å². The zero-order valence-corrected chi connectivity index (χ0v) is 15.5. The molecule has 26 heavy (non-hydrogen) atoms. The van der Waals surface area contributed by atoms with E-state index in [2.05, 4.69) is 25.3 Å². The predicted molar refractivity (Wildman–Crippen MR) is 98.3 cm³/mol. The lowest BCUT2D eigenvalue weighted by atomic mass is 9.97. The number of likely N-dealkylation sites (tertiary alicyclic amines) is 1. The second-order valence-electron chi connectivity index (χ2n) is 6.60. The van der Waals surface area contributed by atoms with Gasteiger partial charge in [0.2, 0.25) is 0 Å². The number of aryl methyl sites for hydroxylation is 1. The van der Waals surface area contributed by atoms with Crippen molar-refractivity contribution in [3.8, 4) is 5.82 Å². The summed E-state index contributed by atoms with van der Waals surface area (Å²) in [5.74, 6) is 1.12. The van der Waals surface area contributed by atoms with Crippen LogP contribution >= 0.6 is 11.3 Å². The lowest BCUT2D eigenvalue weighted by Gasteiger charge is -2.31. The van der Waals surface area contributed by atoms with Crippen LogP contribution in [0, 0.1) is 12.8 Å². The Labute approximate surface area is 155 Å². The molecule has 1 aliphatic rings. The minimum Gasteiger partial charge on any atom is -0.297 e. The molecule has 9 heteroatoms. The first-order valence-corrected chi connectivity index (χ1v) is 9.58. The molecular weight excluding hydrogens is 350 g/mol. The Bertz CT molecular complexity index is 909. The van der Waals surface area contributed by atoms with E-state index in [9.17, 15) is 4.79 Å². The summed E-state index contributed by atoms with van der Waals surface area (Å²) in [5.41, 5.74) is -0.0623. The van der Waals surface area contributed by atoms with Crippen LogP contribution in [0.2, 0.25) is 0 Å². The first kappa shape index (κ1) is 17.0. The molecule has 0 bridgehead atoms. The zero-order chi connectivity index (χ0) is 17.9. The molecule has 1 saturated heterocycles. The molecule has 0 saturated carbocycles. The summed E-state index contributed by atoms with van der Waals surface area (Å²) >= 11 is 1.66. The Kier molecular flexibility index (Phi) is 4.89. The monoisotopic (exact) mass is 371 g/mol. The minimum absolute atomic E-state index is 0.0623. The molecule has 0 unspecified atom stereocenters. The van der Waals surface area contributed by atoms with Crippen LogP contribution in [0.15, 0.2) is 35.4 Å². The Hall–Kier alpha value is -2.39. The summed E-state index contributed by atoms with van der Waals surface area (Å²) in [6, 6.07) is 5.11. The highest BCUT2D eigenvalue weighted by Crippen LogP contribution is 2.21. The Balaban J connectivity index is 1.37. The van der Waals surface area contributed by atoms with Gasteiger partial charge in [0.05, 0.1) is 6.54 Å². The van der Waals surface area contributed by atoms with Crippen LogP contribution in [-0.2, 0) is 13.1 Å². The van der Waals surface area contributed by atoms with Crippen molar-refractivity contribution in [2.45, 2.75) is 32.9 Å². The van der Waals surface area contributed by atoms with Gasteiger partial charge < -0.3 is 0 Å². The molecule has 1 aliphatic heterocycles. The van der Waals surface area contributed by atoms with E-state index in [1.54, 1.807) is 39.0 Å². The maximum atomic E-state index is 12.2. The van der Waals surface area contributed by atoms with Gasteiger partial charge in [-0.15, -0.1) is 26.6 Å². The maximum absolute atomic E-state index is 12.2. The van der Waals surface area contributed by atoms with Crippen molar-refractivity contribution >= 4 is 11.3 Å². The van der Waals surface area contributed by atoms with E-state index in [1.165, 1.54) is 0 Å². The van der Waals surface area contributed by atoms with E-state index < -0.39 is 0 Å². The average molecular weight is 371 g/mol. The van der Waals surface area contributed by atoms with Crippen molar-refractivity contribution in [2.24, 2.45) is 5.92 Å². The van der Waals surface area contributed by atoms with E-state index >= 15 is 0 Å². The third-order valence-corrected chi connectivity index (χ3v) is 5.48. The average Bonchev–Trinajstić information content (AvgIpc) is 3.31. The molecule has 0 radical (unpaired) electrons. The number of hydrogen-bond acceptors (Lipinski definition) is 7. The minimum atomic E-state index is -0.0623. The van der Waals surface area contributed by atoms with Crippen LogP contribution in [0.4, 0.5) is 0 Å². The smallest absolute Gasteiger partial charge is 0.266 e. The second kappa shape index (κ2) is 7.46. The Morgan fingerprint density at radius 2 is 2.08 bits per heavy atom. The fourth-order valence-corrected chi connectivity index (χ4v) is 4.01. The molecule has 4 rings (SSSR count). The third-order valence-electron chi connectivity index (χ3n) is 4.66. The fraction of sp³-hybridized carbons (Fsp3) is 0.471. The molecule has 0 amide bonds. The topological polar surface area (TPSA) is 81.7 Å². The number of rotatable bonds is 5. The lowest BCUT2D eigenvalue weighted by Crippen LogP contribution is -2.36. The van der Waals surface area contributed by atoms with Gasteiger partial charge in [-0.2, -0.15) is 5.10 Å². The summed E-state index contributed by atoms with van der Waals surface area (Å²) in [6.45, 7) is 5.52. The highest BCUT2D eigenvalue weighted by atomic mass is 32.1. The maximum Gasteiger partial charge on any atom is 0.266 e. The van der Waals surface area contributed by atoms with E-state index in [-0.39, 0.29) is 5.56 Å². The zero-order valence-electron chi connectivity index (χ0n) is 14.7. The molecule has 3 aromatic rings. The van der Waals surface area contributed by atoms with Crippen LogP contribution < -0.4 is 5.56 Å². The highest BCUT2D eigenvalue weighted by molar-refractivity contribution is 7.11. The SMILES string of the molecule is Cc1nnc(CN2CCC(Cn3nc(-n4cccn4)ccc3=O)CC2)s1. The van der Waals surface area contributed by atoms with Crippen molar-refractivity contribution in [1.29, 1.82) is 0 Å². The Morgan fingerprint density at radius 3 is 2.77 bits per heavy atom. The van der Waals surface area contributed by atoms with Crippen molar-refractivity contribution in [1.82, 2.24) is 34.7 Å². The summed E-state index contributed by atoms with van der Waals surface area (Å²) in [5, 5.41) is 19.0. The van der Waals surface area contributed by atoms with Gasteiger partial charge >= 0.3 is 0 Å². The third kappa shape index (κ3) is 3.88. The van der Waals surface area contributed by atoms with Crippen LogP contribution in [0.5, 0.6) is 0 Å². The molecule has 0 atom stereocenters. The van der Waals surface area contributed by atoms with E-state index in [4.69, 9.17) is 0 Å². The van der Waals surface area contributed by atoms with Crippen molar-refractivity contribution < 1.29 is 0 Å². The fourth-order valence-electron chi connectivity index (χ4n) is 3.26. The quantitative estimate of drug-likeness (QED) is 0.676. The summed E-state index contributed by atoms with van der Waals surface area (Å²) in [7, 11) is 0. The molecular formula is C17H21N7OS. The van der Waals surface area contributed by atoms with Gasteiger partial charge in [0.15, 0.2) is 5.82 Å². The van der Waals surface area contributed by atoms with Gasteiger partial charge in [-0.25, -0.2) is 9.36 Å². The van der Waals surface area contributed by atoms with Crippen LogP contribution in [0.25, 0.3) is 5.82 Å². The van der Waals surface area contributed by atoms with E-state index in [0.717, 1.165) is 42.5 Å². The van der Waals surface area contributed by atoms with Gasteiger partial charge in [-0.05, 0) is 50.9 Å². The molecule has 3 aromatic heterocycles. The van der Waals surface area contributed by atoms with E-state index in [0.29, 0.717) is 18.3 Å².